The molecule has 2 aromatic carbocycles. The first-order valence-corrected chi connectivity index (χ1v) is 6.62. The molecule has 17 heavy (non-hydrogen) atoms. The number of nitrogens with one attached hydrogen (secondary N) is 1. The van der Waals surface area contributed by atoms with Crippen LogP contribution in [0.2, 0.25) is 0 Å². The zero-order valence-corrected chi connectivity index (χ0v) is 10.8. The van der Waals surface area contributed by atoms with Gasteiger partial charge in [-0.2, -0.15) is 0 Å². The van der Waals surface area contributed by atoms with Crippen molar-refractivity contribution < 1.29 is 4.21 Å². The Kier molecular flexibility index (Phi) is 3.59. The molecule has 0 aliphatic heterocycles. The van der Waals surface area contributed by atoms with E-state index in [0.29, 0.717) is 0 Å². The molecule has 0 aliphatic rings. The van der Waals surface area contributed by atoms with E-state index in [-0.39, 0.29) is 0 Å². The molecule has 2 aromatic rings. The number of hydrogen-bond donors (Lipinski definition) is 1. The van der Waals surface area contributed by atoms with Gasteiger partial charge in [0, 0.05) is 5.69 Å². The highest BCUT2D eigenvalue weighted by atomic mass is 32.2. The Balaban J connectivity index is 2.21. The van der Waals surface area contributed by atoms with Gasteiger partial charge in [0.15, 0.2) is 11.0 Å². The molecule has 2 rings (SSSR count). The van der Waals surface area contributed by atoms with Gasteiger partial charge in [0.1, 0.15) is 0 Å². The highest BCUT2D eigenvalue weighted by molar-refractivity contribution is 7.86. The molecule has 0 amide bonds. The number of rotatable bonds is 3. The van der Waals surface area contributed by atoms with E-state index < -0.39 is 11.0 Å². The van der Waals surface area contributed by atoms with Gasteiger partial charge < -0.3 is 4.72 Å². The summed E-state index contributed by atoms with van der Waals surface area (Å²) in [5, 5.41) is 0. The van der Waals surface area contributed by atoms with Crippen LogP contribution in [0.1, 0.15) is 11.1 Å². The standard InChI is InChI=1S/C14H15NOS/c1-11-8-9-14(12(2)10-11)17(16)15-13-6-4-3-5-7-13/h3-10,15H,1-2H3. The van der Waals surface area contributed by atoms with Crippen LogP contribution in [0, 0.1) is 13.8 Å². The zero-order valence-electron chi connectivity index (χ0n) is 9.94. The van der Waals surface area contributed by atoms with Gasteiger partial charge in [0.2, 0.25) is 0 Å². The molecular formula is C14H15NOS. The minimum Gasteiger partial charge on any atom is -0.301 e. The Bertz CT molecular complexity index is 537. The molecule has 0 bridgehead atoms. The van der Waals surface area contributed by atoms with Gasteiger partial charge in [0.25, 0.3) is 0 Å². The summed E-state index contributed by atoms with van der Waals surface area (Å²) in [6.07, 6.45) is 0. The van der Waals surface area contributed by atoms with Crippen molar-refractivity contribution in [2.45, 2.75) is 18.7 Å². The molecule has 0 spiro atoms. The topological polar surface area (TPSA) is 29.1 Å². The Hall–Kier alpha value is -1.61. The quantitative estimate of drug-likeness (QED) is 0.881. The molecule has 1 unspecified atom stereocenters. The third kappa shape index (κ3) is 2.94. The highest BCUT2D eigenvalue weighted by Crippen LogP contribution is 2.17. The van der Waals surface area contributed by atoms with Crippen molar-refractivity contribution in [3.8, 4) is 0 Å². The third-order valence-electron chi connectivity index (χ3n) is 2.51. The number of anilines is 1. The van der Waals surface area contributed by atoms with Gasteiger partial charge in [-0.15, -0.1) is 0 Å². The predicted molar refractivity (Wildman–Crippen MR) is 72.4 cm³/mol. The first-order chi connectivity index (χ1) is 8.16. The van der Waals surface area contributed by atoms with Crippen LogP contribution in [0.15, 0.2) is 53.4 Å². The number of benzene rings is 2. The summed E-state index contributed by atoms with van der Waals surface area (Å²) in [5.41, 5.74) is 3.10. The van der Waals surface area contributed by atoms with E-state index in [2.05, 4.69) is 4.72 Å². The van der Waals surface area contributed by atoms with Gasteiger partial charge in [-0.3, -0.25) is 0 Å². The smallest absolute Gasteiger partial charge is 0.150 e. The average Bonchev–Trinajstić information content (AvgIpc) is 2.30. The Morgan fingerprint density at radius 2 is 1.71 bits per heavy atom. The van der Waals surface area contributed by atoms with Crippen LogP contribution >= 0.6 is 0 Å². The SMILES string of the molecule is Cc1ccc(S(=O)Nc2ccccc2)c(C)c1. The Morgan fingerprint density at radius 1 is 1.00 bits per heavy atom. The largest absolute Gasteiger partial charge is 0.301 e. The number of hydrogen-bond acceptors (Lipinski definition) is 1. The maximum absolute atomic E-state index is 12.1. The van der Waals surface area contributed by atoms with Crippen molar-refractivity contribution in [2.24, 2.45) is 0 Å². The van der Waals surface area contributed by atoms with Crippen LogP contribution in [0.25, 0.3) is 0 Å². The monoisotopic (exact) mass is 245 g/mol. The van der Waals surface area contributed by atoms with Crippen molar-refractivity contribution in [2.75, 3.05) is 4.72 Å². The van der Waals surface area contributed by atoms with Gasteiger partial charge in [-0.25, -0.2) is 4.21 Å². The van der Waals surface area contributed by atoms with E-state index in [1.807, 2.05) is 62.4 Å². The fourth-order valence-electron chi connectivity index (χ4n) is 1.68. The second-order valence-electron chi connectivity index (χ2n) is 4.01. The number of para-hydroxylation sites is 1. The van der Waals surface area contributed by atoms with Crippen LogP contribution in [0.5, 0.6) is 0 Å². The lowest BCUT2D eigenvalue weighted by Crippen LogP contribution is -2.06. The second-order valence-corrected chi connectivity index (χ2v) is 5.19. The Morgan fingerprint density at radius 3 is 2.35 bits per heavy atom. The van der Waals surface area contributed by atoms with E-state index in [1.165, 1.54) is 5.56 Å². The summed E-state index contributed by atoms with van der Waals surface area (Å²) < 4.78 is 15.1. The molecule has 2 nitrogen and oxygen atoms in total. The van der Waals surface area contributed by atoms with Crippen LogP contribution < -0.4 is 4.72 Å². The van der Waals surface area contributed by atoms with Crippen LogP contribution in [0.3, 0.4) is 0 Å². The van der Waals surface area contributed by atoms with Crippen molar-refractivity contribution in [3.63, 3.8) is 0 Å². The first kappa shape index (κ1) is 11.9. The van der Waals surface area contributed by atoms with Crippen molar-refractivity contribution in [1.82, 2.24) is 0 Å². The normalized spacial score (nSPS) is 12.1. The summed E-state index contributed by atoms with van der Waals surface area (Å²) in [6.45, 7) is 4.01. The fourth-order valence-corrected chi connectivity index (χ4v) is 2.68. The van der Waals surface area contributed by atoms with E-state index in [9.17, 15) is 4.21 Å². The summed E-state index contributed by atoms with van der Waals surface area (Å²) in [4.78, 5) is 0.833. The number of aryl methyl sites for hydroxylation is 2. The summed E-state index contributed by atoms with van der Waals surface area (Å²) in [5.74, 6) is 0. The lowest BCUT2D eigenvalue weighted by atomic mass is 10.2. The molecule has 0 aliphatic carbocycles. The van der Waals surface area contributed by atoms with Gasteiger partial charge in [0.05, 0.1) is 4.90 Å². The zero-order chi connectivity index (χ0) is 12.3. The van der Waals surface area contributed by atoms with Crippen LogP contribution in [-0.4, -0.2) is 4.21 Å². The minimum atomic E-state index is -1.20. The third-order valence-corrected chi connectivity index (χ3v) is 3.79. The maximum atomic E-state index is 12.1. The van der Waals surface area contributed by atoms with Crippen LogP contribution in [0.4, 0.5) is 5.69 Å². The molecule has 1 N–H and O–H groups in total. The summed E-state index contributed by atoms with van der Waals surface area (Å²) in [6, 6.07) is 15.5. The molecular weight excluding hydrogens is 230 g/mol. The highest BCUT2D eigenvalue weighted by Gasteiger charge is 2.07. The molecule has 0 heterocycles. The van der Waals surface area contributed by atoms with E-state index >= 15 is 0 Å². The lowest BCUT2D eigenvalue weighted by molar-refractivity contribution is 0.686. The Labute approximate surface area is 104 Å². The fraction of sp³-hybridized carbons (Fsp3) is 0.143. The molecule has 1 atom stereocenters. The summed E-state index contributed by atoms with van der Waals surface area (Å²) in [7, 11) is -1.20. The molecule has 0 saturated carbocycles. The molecule has 3 heteroatoms. The van der Waals surface area contributed by atoms with E-state index in [1.54, 1.807) is 0 Å². The van der Waals surface area contributed by atoms with Gasteiger partial charge in [-0.05, 0) is 37.6 Å². The first-order valence-electron chi connectivity index (χ1n) is 5.47. The predicted octanol–water partition coefficient (Wildman–Crippen LogP) is 3.44. The van der Waals surface area contributed by atoms with Crippen molar-refractivity contribution in [1.29, 1.82) is 0 Å². The van der Waals surface area contributed by atoms with E-state index in [0.717, 1.165) is 16.1 Å². The molecule has 0 fully saturated rings. The molecule has 0 saturated heterocycles. The minimum absolute atomic E-state index is 0.833. The lowest BCUT2D eigenvalue weighted by Gasteiger charge is -2.08. The van der Waals surface area contributed by atoms with Crippen molar-refractivity contribution in [3.05, 3.63) is 59.7 Å². The summed E-state index contributed by atoms with van der Waals surface area (Å²) >= 11 is 0. The molecule has 0 radical (unpaired) electrons. The molecule has 0 aromatic heterocycles. The van der Waals surface area contributed by atoms with Crippen LogP contribution in [-0.2, 0) is 11.0 Å². The van der Waals surface area contributed by atoms with Gasteiger partial charge in [-0.1, -0.05) is 35.9 Å². The average molecular weight is 245 g/mol. The molecule has 88 valence electrons. The maximum Gasteiger partial charge on any atom is 0.150 e. The van der Waals surface area contributed by atoms with Crippen molar-refractivity contribution >= 4 is 16.7 Å². The van der Waals surface area contributed by atoms with E-state index in [4.69, 9.17) is 0 Å². The second kappa shape index (κ2) is 5.15. The van der Waals surface area contributed by atoms with Gasteiger partial charge >= 0.3 is 0 Å².